The van der Waals surface area contributed by atoms with Crippen molar-refractivity contribution in [1.82, 2.24) is 19.9 Å². The lowest BCUT2D eigenvalue weighted by molar-refractivity contribution is -0.165. The number of hydrogen-bond donors (Lipinski definition) is 1. The van der Waals surface area contributed by atoms with Gasteiger partial charge in [0.2, 0.25) is 5.95 Å². The van der Waals surface area contributed by atoms with E-state index in [1.54, 1.807) is 18.5 Å². The van der Waals surface area contributed by atoms with Gasteiger partial charge < -0.3 is 15.0 Å². The van der Waals surface area contributed by atoms with Crippen molar-refractivity contribution in [3.05, 3.63) is 47.5 Å². The Morgan fingerprint density at radius 2 is 1.96 bits per heavy atom. The van der Waals surface area contributed by atoms with Crippen molar-refractivity contribution >= 4 is 11.9 Å². The molecular formula is C20H25N5O2. The fraction of sp³-hybridized carbons (Fsp3) is 0.500. The summed E-state index contributed by atoms with van der Waals surface area (Å²) >= 11 is 0. The van der Waals surface area contributed by atoms with E-state index in [0.29, 0.717) is 31.6 Å². The number of nitrogens with zero attached hydrogens (tertiary/aromatic N) is 4. The summed E-state index contributed by atoms with van der Waals surface area (Å²) in [6.45, 7) is 6.69. The van der Waals surface area contributed by atoms with Crippen LogP contribution in [-0.4, -0.2) is 57.6 Å². The van der Waals surface area contributed by atoms with Crippen molar-refractivity contribution in [2.45, 2.75) is 32.3 Å². The first-order chi connectivity index (χ1) is 13.0. The smallest absolute Gasteiger partial charge is 0.254 e. The average molecular weight is 367 g/mol. The Bertz CT molecular complexity index is 790. The number of likely N-dealkylation sites (tertiary alicyclic amines) is 1. The summed E-state index contributed by atoms with van der Waals surface area (Å²) in [5, 5.41) is 3.26. The molecule has 0 saturated carbocycles. The molecule has 1 amide bonds. The molecule has 2 aliphatic rings. The largest absolute Gasteiger partial charge is 0.371 e. The molecule has 2 aliphatic heterocycles. The second kappa shape index (κ2) is 7.23. The minimum atomic E-state index is -0.160. The third kappa shape index (κ3) is 3.93. The van der Waals surface area contributed by atoms with Crippen molar-refractivity contribution in [3.8, 4) is 0 Å². The molecule has 2 saturated heterocycles. The minimum absolute atomic E-state index is 0.0721. The molecule has 0 bridgehead atoms. The van der Waals surface area contributed by atoms with E-state index >= 15 is 0 Å². The quantitative estimate of drug-likeness (QED) is 0.893. The van der Waals surface area contributed by atoms with Gasteiger partial charge in [-0.1, -0.05) is 0 Å². The van der Waals surface area contributed by atoms with Gasteiger partial charge in [0.05, 0.1) is 19.7 Å². The zero-order valence-corrected chi connectivity index (χ0v) is 15.8. The molecule has 1 atom stereocenters. The molecule has 4 rings (SSSR count). The Morgan fingerprint density at radius 1 is 1.26 bits per heavy atom. The van der Waals surface area contributed by atoms with Gasteiger partial charge in [-0.3, -0.25) is 9.78 Å². The standard InChI is InChI=1S/C20H25N5O2/c1-14-8-17(9-15(2)24-14)18(26)25-12-20(13-25)5-4-16(11-27-20)10-23-19-21-6-3-7-22-19/h3,6-9,16H,4-5,10-13H2,1-2H3,(H,21,22,23)/t16-/m1/s1. The van der Waals surface area contributed by atoms with Gasteiger partial charge in [-0.2, -0.15) is 0 Å². The van der Waals surface area contributed by atoms with E-state index in [9.17, 15) is 4.79 Å². The summed E-state index contributed by atoms with van der Waals surface area (Å²) in [6, 6.07) is 5.52. The molecule has 2 fully saturated rings. The molecular weight excluding hydrogens is 342 g/mol. The molecule has 1 N–H and O–H groups in total. The van der Waals surface area contributed by atoms with Crippen LogP contribution >= 0.6 is 0 Å². The molecule has 2 aromatic rings. The molecule has 7 nitrogen and oxygen atoms in total. The van der Waals surface area contributed by atoms with Gasteiger partial charge in [0.15, 0.2) is 0 Å². The Morgan fingerprint density at radius 3 is 2.59 bits per heavy atom. The van der Waals surface area contributed by atoms with Crippen LogP contribution in [0, 0.1) is 19.8 Å². The van der Waals surface area contributed by atoms with Gasteiger partial charge in [0, 0.05) is 35.9 Å². The maximum Gasteiger partial charge on any atom is 0.254 e. The number of carbonyl (C=O) groups excluding carboxylic acids is 1. The van der Waals surface area contributed by atoms with Gasteiger partial charge in [0.25, 0.3) is 5.91 Å². The average Bonchev–Trinajstić information content (AvgIpc) is 2.64. The lowest BCUT2D eigenvalue weighted by atomic mass is 9.82. The van der Waals surface area contributed by atoms with E-state index in [1.165, 1.54) is 0 Å². The number of rotatable bonds is 4. The third-order valence-corrected chi connectivity index (χ3v) is 5.32. The molecule has 0 aliphatic carbocycles. The number of aryl methyl sites for hydroxylation is 2. The van der Waals surface area contributed by atoms with Crippen LogP contribution in [0.2, 0.25) is 0 Å². The second-order valence-corrected chi connectivity index (χ2v) is 7.65. The SMILES string of the molecule is Cc1cc(C(=O)N2CC3(CC[C@H](CNc4ncccn4)CO3)C2)cc(C)n1. The van der Waals surface area contributed by atoms with Crippen molar-refractivity contribution in [2.24, 2.45) is 5.92 Å². The van der Waals surface area contributed by atoms with Gasteiger partial charge in [0.1, 0.15) is 5.60 Å². The van der Waals surface area contributed by atoms with E-state index in [-0.39, 0.29) is 11.5 Å². The summed E-state index contributed by atoms with van der Waals surface area (Å²) in [5.41, 5.74) is 2.31. The van der Waals surface area contributed by atoms with Crippen molar-refractivity contribution in [2.75, 3.05) is 31.6 Å². The number of ether oxygens (including phenoxy) is 1. The molecule has 2 aromatic heterocycles. The number of hydrogen-bond acceptors (Lipinski definition) is 6. The van der Waals surface area contributed by atoms with Gasteiger partial charge >= 0.3 is 0 Å². The fourth-order valence-electron chi connectivity index (χ4n) is 3.89. The molecule has 142 valence electrons. The van der Waals surface area contributed by atoms with Gasteiger partial charge in [-0.05, 0) is 50.8 Å². The highest BCUT2D eigenvalue weighted by atomic mass is 16.5. The van der Waals surface area contributed by atoms with E-state index in [4.69, 9.17) is 4.74 Å². The molecule has 0 unspecified atom stereocenters. The zero-order valence-electron chi connectivity index (χ0n) is 15.8. The van der Waals surface area contributed by atoms with E-state index in [0.717, 1.165) is 36.3 Å². The highest BCUT2D eigenvalue weighted by Gasteiger charge is 2.48. The van der Waals surface area contributed by atoms with Crippen LogP contribution in [0.4, 0.5) is 5.95 Å². The normalized spacial score (nSPS) is 21.0. The predicted molar refractivity (Wildman–Crippen MR) is 102 cm³/mol. The Labute approximate surface area is 159 Å². The minimum Gasteiger partial charge on any atom is -0.371 e. The number of amides is 1. The van der Waals surface area contributed by atoms with E-state index < -0.39 is 0 Å². The number of pyridine rings is 1. The molecule has 4 heterocycles. The first kappa shape index (κ1) is 17.9. The maximum absolute atomic E-state index is 12.7. The Balaban J connectivity index is 1.26. The first-order valence-corrected chi connectivity index (χ1v) is 9.42. The highest BCUT2D eigenvalue weighted by Crippen LogP contribution is 2.36. The lowest BCUT2D eigenvalue weighted by Gasteiger charge is -2.52. The van der Waals surface area contributed by atoms with Crippen LogP contribution in [0.25, 0.3) is 0 Å². The van der Waals surface area contributed by atoms with Gasteiger partial charge in [-0.25, -0.2) is 9.97 Å². The molecule has 0 radical (unpaired) electrons. The van der Waals surface area contributed by atoms with Crippen LogP contribution in [0.15, 0.2) is 30.6 Å². The summed E-state index contributed by atoms with van der Waals surface area (Å²) in [7, 11) is 0. The molecule has 0 aromatic carbocycles. The van der Waals surface area contributed by atoms with E-state index in [2.05, 4.69) is 20.3 Å². The number of carbonyl (C=O) groups is 1. The van der Waals surface area contributed by atoms with Crippen molar-refractivity contribution in [3.63, 3.8) is 0 Å². The van der Waals surface area contributed by atoms with Crippen molar-refractivity contribution in [1.29, 1.82) is 0 Å². The summed E-state index contributed by atoms with van der Waals surface area (Å²) < 4.78 is 6.18. The molecule has 7 heteroatoms. The van der Waals surface area contributed by atoms with Crippen LogP contribution in [-0.2, 0) is 4.74 Å². The zero-order chi connectivity index (χ0) is 18.9. The van der Waals surface area contributed by atoms with Crippen LogP contribution in [0.5, 0.6) is 0 Å². The van der Waals surface area contributed by atoms with Crippen LogP contribution in [0.1, 0.15) is 34.6 Å². The highest BCUT2D eigenvalue weighted by molar-refractivity contribution is 5.95. The summed E-state index contributed by atoms with van der Waals surface area (Å²) in [6.07, 6.45) is 5.52. The second-order valence-electron chi connectivity index (χ2n) is 7.65. The van der Waals surface area contributed by atoms with Gasteiger partial charge in [-0.15, -0.1) is 0 Å². The van der Waals surface area contributed by atoms with Crippen LogP contribution < -0.4 is 5.32 Å². The number of aromatic nitrogens is 3. The van der Waals surface area contributed by atoms with E-state index in [1.807, 2.05) is 30.9 Å². The first-order valence-electron chi connectivity index (χ1n) is 9.42. The topological polar surface area (TPSA) is 80.2 Å². The Hall–Kier alpha value is -2.54. The Kier molecular flexibility index (Phi) is 4.78. The fourth-order valence-corrected chi connectivity index (χ4v) is 3.89. The lowest BCUT2D eigenvalue weighted by Crippen LogP contribution is -2.66. The maximum atomic E-state index is 12.7. The summed E-state index contributed by atoms with van der Waals surface area (Å²) in [5.74, 6) is 1.17. The summed E-state index contributed by atoms with van der Waals surface area (Å²) in [4.78, 5) is 27.3. The number of nitrogens with one attached hydrogen (secondary N) is 1. The number of anilines is 1. The van der Waals surface area contributed by atoms with Crippen molar-refractivity contribution < 1.29 is 9.53 Å². The molecule has 1 spiro atoms. The predicted octanol–water partition coefficient (Wildman–Crippen LogP) is 2.22. The van der Waals surface area contributed by atoms with Crippen LogP contribution in [0.3, 0.4) is 0 Å². The third-order valence-electron chi connectivity index (χ3n) is 5.32. The molecule has 27 heavy (non-hydrogen) atoms. The monoisotopic (exact) mass is 367 g/mol.